The van der Waals surface area contributed by atoms with Gasteiger partial charge >= 0.3 is 0 Å². The van der Waals surface area contributed by atoms with Gasteiger partial charge in [-0.05, 0) is 69.2 Å². The van der Waals surface area contributed by atoms with Crippen molar-refractivity contribution in [3.8, 4) is 0 Å². The molecule has 2 aromatic heterocycles. The van der Waals surface area contributed by atoms with Crippen LogP contribution < -0.4 is 5.32 Å². The van der Waals surface area contributed by atoms with Gasteiger partial charge in [0, 0.05) is 5.69 Å². The summed E-state index contributed by atoms with van der Waals surface area (Å²) in [7, 11) is 0. The van der Waals surface area contributed by atoms with Gasteiger partial charge in [-0.25, -0.2) is 4.98 Å². The van der Waals surface area contributed by atoms with Crippen LogP contribution >= 0.6 is 0 Å². The van der Waals surface area contributed by atoms with E-state index >= 15 is 0 Å². The van der Waals surface area contributed by atoms with Gasteiger partial charge in [-0.3, -0.25) is 4.79 Å². The fourth-order valence-corrected chi connectivity index (χ4v) is 3.78. The van der Waals surface area contributed by atoms with Gasteiger partial charge in [0.2, 0.25) is 0 Å². The van der Waals surface area contributed by atoms with Crippen LogP contribution in [0.2, 0.25) is 0 Å². The van der Waals surface area contributed by atoms with Crippen molar-refractivity contribution >= 4 is 17.0 Å². The van der Waals surface area contributed by atoms with Crippen LogP contribution in [0.3, 0.4) is 0 Å². The monoisotopic (exact) mass is 349 g/mol. The van der Waals surface area contributed by atoms with Gasteiger partial charge < -0.3 is 9.84 Å². The summed E-state index contributed by atoms with van der Waals surface area (Å²) in [5.41, 5.74) is 6.41. The van der Waals surface area contributed by atoms with Gasteiger partial charge in [0.15, 0.2) is 0 Å². The summed E-state index contributed by atoms with van der Waals surface area (Å²) >= 11 is 0. The molecule has 26 heavy (non-hydrogen) atoms. The number of carbonyl (C=O) groups is 1. The Morgan fingerprint density at radius 3 is 2.73 bits per heavy atom. The second-order valence-corrected chi connectivity index (χ2v) is 7.19. The van der Waals surface area contributed by atoms with E-state index in [9.17, 15) is 4.79 Å². The molecule has 1 atom stereocenters. The number of nitrogens with zero attached hydrogens (tertiary/aromatic N) is 2. The minimum atomic E-state index is -0.128. The summed E-state index contributed by atoms with van der Waals surface area (Å²) in [4.78, 5) is 17.2. The van der Waals surface area contributed by atoms with Crippen molar-refractivity contribution in [2.75, 3.05) is 0 Å². The Hall–Kier alpha value is -2.69. The first-order valence-corrected chi connectivity index (χ1v) is 9.19. The fraction of sp³-hybridized carbons (Fsp3) is 0.381. The predicted octanol–water partition coefficient (Wildman–Crippen LogP) is 4.21. The highest BCUT2D eigenvalue weighted by atomic mass is 16.5. The first kappa shape index (κ1) is 16.8. The summed E-state index contributed by atoms with van der Waals surface area (Å²) < 4.78 is 5.23. The van der Waals surface area contributed by atoms with Crippen molar-refractivity contribution in [1.82, 2.24) is 15.5 Å². The van der Waals surface area contributed by atoms with Crippen LogP contribution in [0.1, 0.15) is 64.2 Å². The molecule has 1 unspecified atom stereocenters. The Morgan fingerprint density at radius 1 is 1.15 bits per heavy atom. The van der Waals surface area contributed by atoms with E-state index in [1.165, 1.54) is 24.0 Å². The van der Waals surface area contributed by atoms with Crippen LogP contribution in [0, 0.1) is 13.8 Å². The van der Waals surface area contributed by atoms with Crippen LogP contribution in [0.25, 0.3) is 11.1 Å². The number of hydrogen-bond donors (Lipinski definition) is 1. The maximum atomic E-state index is 12.9. The zero-order valence-corrected chi connectivity index (χ0v) is 15.4. The molecule has 1 aliphatic carbocycles. The van der Waals surface area contributed by atoms with E-state index in [0.29, 0.717) is 22.4 Å². The first-order valence-electron chi connectivity index (χ1n) is 9.19. The molecule has 0 spiro atoms. The van der Waals surface area contributed by atoms with Gasteiger partial charge in [0.05, 0.1) is 22.7 Å². The van der Waals surface area contributed by atoms with Crippen LogP contribution in [-0.2, 0) is 12.8 Å². The highest BCUT2D eigenvalue weighted by molar-refractivity contribution is 6.06. The quantitative estimate of drug-likeness (QED) is 0.769. The molecule has 0 radical (unpaired) electrons. The molecule has 0 fully saturated rings. The number of amides is 1. The third-order valence-corrected chi connectivity index (χ3v) is 5.21. The molecule has 0 aliphatic heterocycles. The summed E-state index contributed by atoms with van der Waals surface area (Å²) in [6.07, 6.45) is 4.82. The molecular weight excluding hydrogens is 326 g/mol. The highest BCUT2D eigenvalue weighted by Crippen LogP contribution is 2.26. The van der Waals surface area contributed by atoms with Crippen molar-refractivity contribution < 1.29 is 9.32 Å². The standard InChI is InChI=1S/C21H23N3O2/c1-12-10-18(19-14(3)24-26-21(19)22-12)20(25)23-13(2)16-9-8-15-6-4-5-7-17(15)11-16/h8-11,13H,4-7H2,1-3H3,(H,23,25). The molecule has 1 aromatic carbocycles. The molecule has 134 valence electrons. The Bertz CT molecular complexity index is 990. The lowest BCUT2D eigenvalue weighted by Crippen LogP contribution is -2.27. The molecule has 0 saturated carbocycles. The molecule has 5 nitrogen and oxygen atoms in total. The first-order chi connectivity index (χ1) is 12.5. The zero-order chi connectivity index (χ0) is 18.3. The molecule has 1 aliphatic rings. The van der Waals surface area contributed by atoms with Crippen LogP contribution in [-0.4, -0.2) is 16.0 Å². The van der Waals surface area contributed by atoms with Crippen LogP contribution in [0.5, 0.6) is 0 Å². The minimum Gasteiger partial charge on any atom is -0.345 e. The van der Waals surface area contributed by atoms with Gasteiger partial charge in [0.25, 0.3) is 11.6 Å². The Morgan fingerprint density at radius 2 is 1.92 bits per heavy atom. The summed E-state index contributed by atoms with van der Waals surface area (Å²) in [6, 6.07) is 8.32. The van der Waals surface area contributed by atoms with E-state index in [1.807, 2.05) is 20.8 Å². The molecule has 1 amide bonds. The lowest BCUT2D eigenvalue weighted by molar-refractivity contribution is 0.0941. The molecular formula is C21H23N3O2. The maximum absolute atomic E-state index is 12.9. The smallest absolute Gasteiger partial charge is 0.258 e. The second-order valence-electron chi connectivity index (χ2n) is 7.19. The number of aryl methyl sites for hydroxylation is 4. The molecule has 4 rings (SSSR count). The van der Waals surface area contributed by atoms with E-state index in [1.54, 1.807) is 6.07 Å². The number of fused-ring (bicyclic) bond motifs is 2. The topological polar surface area (TPSA) is 68.0 Å². The number of aromatic nitrogens is 2. The van der Waals surface area contributed by atoms with Crippen molar-refractivity contribution in [3.63, 3.8) is 0 Å². The lowest BCUT2D eigenvalue weighted by atomic mass is 9.89. The van der Waals surface area contributed by atoms with Crippen molar-refractivity contribution in [2.24, 2.45) is 0 Å². The number of hydrogen-bond acceptors (Lipinski definition) is 4. The second kappa shape index (κ2) is 6.56. The van der Waals surface area contributed by atoms with Gasteiger partial charge in [-0.1, -0.05) is 23.4 Å². The maximum Gasteiger partial charge on any atom is 0.258 e. The molecule has 1 N–H and O–H groups in total. The fourth-order valence-electron chi connectivity index (χ4n) is 3.78. The number of benzene rings is 1. The van der Waals surface area contributed by atoms with Crippen LogP contribution in [0.15, 0.2) is 28.8 Å². The van der Waals surface area contributed by atoms with Gasteiger partial charge in [-0.15, -0.1) is 0 Å². The average molecular weight is 349 g/mol. The summed E-state index contributed by atoms with van der Waals surface area (Å²) in [6.45, 7) is 5.70. The van der Waals surface area contributed by atoms with E-state index in [0.717, 1.165) is 24.1 Å². The highest BCUT2D eigenvalue weighted by Gasteiger charge is 2.20. The predicted molar refractivity (Wildman–Crippen MR) is 100 cm³/mol. The number of rotatable bonds is 3. The lowest BCUT2D eigenvalue weighted by Gasteiger charge is -2.20. The largest absolute Gasteiger partial charge is 0.345 e. The van der Waals surface area contributed by atoms with Crippen LogP contribution in [0.4, 0.5) is 0 Å². The van der Waals surface area contributed by atoms with Crippen molar-refractivity contribution in [3.05, 3.63) is 57.9 Å². The van der Waals surface area contributed by atoms with Crippen molar-refractivity contribution in [1.29, 1.82) is 0 Å². The Kier molecular flexibility index (Phi) is 4.23. The van der Waals surface area contributed by atoms with Crippen molar-refractivity contribution in [2.45, 2.75) is 52.5 Å². The van der Waals surface area contributed by atoms with E-state index in [4.69, 9.17) is 4.52 Å². The summed E-state index contributed by atoms with van der Waals surface area (Å²) in [5, 5.41) is 7.75. The van der Waals surface area contributed by atoms with E-state index < -0.39 is 0 Å². The molecule has 3 aromatic rings. The summed E-state index contributed by atoms with van der Waals surface area (Å²) in [5.74, 6) is -0.128. The van der Waals surface area contributed by atoms with E-state index in [2.05, 4.69) is 33.7 Å². The minimum absolute atomic E-state index is 0.0709. The van der Waals surface area contributed by atoms with Gasteiger partial charge in [-0.2, -0.15) is 0 Å². The molecule has 5 heteroatoms. The van der Waals surface area contributed by atoms with Gasteiger partial charge in [0.1, 0.15) is 0 Å². The molecule has 2 heterocycles. The molecule has 0 bridgehead atoms. The number of nitrogens with one attached hydrogen (secondary N) is 1. The molecule has 0 saturated heterocycles. The zero-order valence-electron chi connectivity index (χ0n) is 15.4. The number of pyridine rings is 1. The Labute approximate surface area is 152 Å². The SMILES string of the molecule is Cc1cc(C(=O)NC(C)c2ccc3c(c2)CCCC3)c2c(C)noc2n1. The normalized spacial score (nSPS) is 14.9. The Balaban J connectivity index is 1.61. The number of carbonyl (C=O) groups excluding carboxylic acids is 1. The third-order valence-electron chi connectivity index (χ3n) is 5.21. The average Bonchev–Trinajstić information content (AvgIpc) is 3.01. The van der Waals surface area contributed by atoms with E-state index in [-0.39, 0.29) is 11.9 Å². The third kappa shape index (κ3) is 2.98.